The summed E-state index contributed by atoms with van der Waals surface area (Å²) in [6.45, 7) is 7.34. The SMILES string of the molecule is CCOCCCN1C(=O)C(Nc2ccc(C)cc2C)=C(c2ccc(OC)cc2)C1=O. The van der Waals surface area contributed by atoms with E-state index in [0.717, 1.165) is 16.8 Å². The van der Waals surface area contributed by atoms with Crippen LogP contribution in [0.3, 0.4) is 0 Å². The van der Waals surface area contributed by atoms with Gasteiger partial charge in [0, 0.05) is 25.4 Å². The van der Waals surface area contributed by atoms with Crippen LogP contribution in [0.25, 0.3) is 5.57 Å². The molecule has 1 aliphatic heterocycles. The normalized spacial score (nSPS) is 13.9. The van der Waals surface area contributed by atoms with E-state index in [2.05, 4.69) is 5.32 Å². The molecule has 0 atom stereocenters. The van der Waals surface area contributed by atoms with E-state index in [0.29, 0.717) is 48.8 Å². The maximum atomic E-state index is 13.2. The summed E-state index contributed by atoms with van der Waals surface area (Å²) < 4.78 is 10.6. The Balaban J connectivity index is 1.96. The number of benzene rings is 2. The maximum absolute atomic E-state index is 13.2. The van der Waals surface area contributed by atoms with Crippen molar-refractivity contribution in [3.05, 3.63) is 64.9 Å². The Morgan fingerprint density at radius 1 is 1.00 bits per heavy atom. The fourth-order valence-electron chi connectivity index (χ4n) is 3.48. The van der Waals surface area contributed by atoms with Crippen LogP contribution >= 0.6 is 0 Å². The lowest BCUT2D eigenvalue weighted by atomic mass is 10.0. The number of hydrogen-bond acceptors (Lipinski definition) is 5. The first-order chi connectivity index (χ1) is 14.5. The molecule has 2 aromatic rings. The zero-order chi connectivity index (χ0) is 21.7. The molecule has 0 saturated heterocycles. The van der Waals surface area contributed by atoms with Gasteiger partial charge in [-0.25, -0.2) is 0 Å². The zero-order valence-corrected chi connectivity index (χ0v) is 18.0. The Bertz CT molecular complexity index is 964. The first-order valence-corrected chi connectivity index (χ1v) is 10.1. The number of carbonyl (C=O) groups is 2. The minimum Gasteiger partial charge on any atom is -0.497 e. The fraction of sp³-hybridized carbons (Fsp3) is 0.333. The topological polar surface area (TPSA) is 67.9 Å². The minimum absolute atomic E-state index is 0.297. The van der Waals surface area contributed by atoms with E-state index in [1.54, 1.807) is 31.4 Å². The maximum Gasteiger partial charge on any atom is 0.278 e. The van der Waals surface area contributed by atoms with Crippen molar-refractivity contribution in [2.75, 3.05) is 32.2 Å². The Kier molecular flexibility index (Phi) is 6.90. The van der Waals surface area contributed by atoms with E-state index in [1.807, 2.05) is 39.0 Å². The molecule has 1 N–H and O–H groups in total. The molecular weight excluding hydrogens is 380 g/mol. The molecule has 0 unspecified atom stereocenters. The van der Waals surface area contributed by atoms with E-state index in [9.17, 15) is 9.59 Å². The van der Waals surface area contributed by atoms with Crippen molar-refractivity contribution in [3.8, 4) is 5.75 Å². The van der Waals surface area contributed by atoms with Crippen LogP contribution in [0.4, 0.5) is 5.69 Å². The number of nitrogens with one attached hydrogen (secondary N) is 1. The molecule has 1 aliphatic rings. The van der Waals surface area contributed by atoms with Crippen molar-refractivity contribution in [1.29, 1.82) is 0 Å². The number of ether oxygens (including phenoxy) is 2. The van der Waals surface area contributed by atoms with Gasteiger partial charge in [0.1, 0.15) is 11.4 Å². The monoisotopic (exact) mass is 408 g/mol. The van der Waals surface area contributed by atoms with Gasteiger partial charge in [0.15, 0.2) is 0 Å². The van der Waals surface area contributed by atoms with Crippen molar-refractivity contribution in [3.63, 3.8) is 0 Å². The Hall–Kier alpha value is -3.12. The van der Waals surface area contributed by atoms with Gasteiger partial charge < -0.3 is 14.8 Å². The van der Waals surface area contributed by atoms with Gasteiger partial charge in [-0.3, -0.25) is 14.5 Å². The van der Waals surface area contributed by atoms with Gasteiger partial charge in [-0.15, -0.1) is 0 Å². The van der Waals surface area contributed by atoms with Crippen LogP contribution in [0.15, 0.2) is 48.2 Å². The number of imide groups is 1. The number of hydrogen-bond donors (Lipinski definition) is 1. The summed E-state index contributed by atoms with van der Waals surface area (Å²) in [5.41, 5.74) is 4.29. The minimum atomic E-state index is -0.317. The van der Waals surface area contributed by atoms with E-state index >= 15 is 0 Å². The van der Waals surface area contributed by atoms with E-state index in [4.69, 9.17) is 9.47 Å². The van der Waals surface area contributed by atoms with Crippen LogP contribution in [0.5, 0.6) is 5.75 Å². The van der Waals surface area contributed by atoms with Crippen LogP contribution < -0.4 is 10.1 Å². The van der Waals surface area contributed by atoms with E-state index < -0.39 is 0 Å². The summed E-state index contributed by atoms with van der Waals surface area (Å²) >= 11 is 0. The highest BCUT2D eigenvalue weighted by molar-refractivity contribution is 6.36. The van der Waals surface area contributed by atoms with Crippen LogP contribution in [-0.4, -0.2) is 43.6 Å². The first kappa shape index (κ1) is 21.6. The molecule has 0 bridgehead atoms. The highest BCUT2D eigenvalue weighted by Gasteiger charge is 2.39. The molecule has 2 amide bonds. The lowest BCUT2D eigenvalue weighted by molar-refractivity contribution is -0.137. The number of carbonyl (C=O) groups excluding carboxylic acids is 2. The average Bonchev–Trinajstić information content (AvgIpc) is 2.97. The van der Waals surface area contributed by atoms with Crippen LogP contribution in [0.1, 0.15) is 30.0 Å². The summed E-state index contributed by atoms with van der Waals surface area (Å²) in [5, 5.41) is 3.23. The molecule has 2 aromatic carbocycles. The molecule has 0 fully saturated rings. The van der Waals surface area contributed by atoms with Gasteiger partial charge in [0.25, 0.3) is 11.8 Å². The molecule has 0 radical (unpaired) electrons. The van der Waals surface area contributed by atoms with Gasteiger partial charge >= 0.3 is 0 Å². The Morgan fingerprint density at radius 2 is 1.73 bits per heavy atom. The second-order valence-electron chi connectivity index (χ2n) is 7.23. The standard InChI is InChI=1S/C24H28N2O4/c1-5-30-14-6-13-26-23(27)21(18-8-10-19(29-4)11-9-18)22(24(26)28)25-20-12-7-16(2)15-17(20)3/h7-12,15,25H,5-6,13-14H2,1-4H3. The van der Waals surface area contributed by atoms with Crippen molar-refractivity contribution in [2.45, 2.75) is 27.2 Å². The third kappa shape index (κ3) is 4.54. The Morgan fingerprint density at radius 3 is 2.37 bits per heavy atom. The second-order valence-corrected chi connectivity index (χ2v) is 7.23. The molecule has 0 aromatic heterocycles. The summed E-state index contributed by atoms with van der Waals surface area (Å²) in [7, 11) is 1.59. The molecule has 1 heterocycles. The summed E-state index contributed by atoms with van der Waals surface area (Å²) in [5.74, 6) is 0.0739. The van der Waals surface area contributed by atoms with E-state index in [-0.39, 0.29) is 11.8 Å². The lowest BCUT2D eigenvalue weighted by Gasteiger charge is -2.15. The van der Waals surface area contributed by atoms with Crippen molar-refractivity contribution < 1.29 is 19.1 Å². The second kappa shape index (κ2) is 9.59. The third-order valence-electron chi connectivity index (χ3n) is 5.06. The van der Waals surface area contributed by atoms with Crippen molar-refractivity contribution >= 4 is 23.1 Å². The fourth-order valence-corrected chi connectivity index (χ4v) is 3.48. The van der Waals surface area contributed by atoms with Crippen LogP contribution in [0, 0.1) is 13.8 Å². The molecular formula is C24H28N2O4. The highest BCUT2D eigenvalue weighted by Crippen LogP contribution is 2.32. The van der Waals surface area contributed by atoms with Gasteiger partial charge in [0.05, 0.1) is 12.7 Å². The van der Waals surface area contributed by atoms with Crippen molar-refractivity contribution in [1.82, 2.24) is 4.90 Å². The van der Waals surface area contributed by atoms with Gasteiger partial charge in [-0.05, 0) is 56.5 Å². The largest absolute Gasteiger partial charge is 0.497 e. The predicted molar refractivity (Wildman–Crippen MR) is 117 cm³/mol. The van der Waals surface area contributed by atoms with Crippen LogP contribution in [-0.2, 0) is 14.3 Å². The predicted octanol–water partition coefficient (Wildman–Crippen LogP) is 3.93. The quantitative estimate of drug-likeness (QED) is 0.503. The molecule has 6 nitrogen and oxygen atoms in total. The van der Waals surface area contributed by atoms with Crippen LogP contribution in [0.2, 0.25) is 0 Å². The third-order valence-corrected chi connectivity index (χ3v) is 5.06. The van der Waals surface area contributed by atoms with Gasteiger partial charge in [-0.2, -0.15) is 0 Å². The molecule has 158 valence electrons. The first-order valence-electron chi connectivity index (χ1n) is 10.1. The number of anilines is 1. The molecule has 3 rings (SSSR count). The summed E-state index contributed by atoms with van der Waals surface area (Å²) in [6.07, 6.45) is 0.595. The molecule has 0 spiro atoms. The number of nitrogens with zero attached hydrogens (tertiary/aromatic N) is 1. The average molecular weight is 408 g/mol. The zero-order valence-electron chi connectivity index (χ0n) is 18.0. The van der Waals surface area contributed by atoms with Crippen molar-refractivity contribution in [2.24, 2.45) is 0 Å². The highest BCUT2D eigenvalue weighted by atomic mass is 16.5. The lowest BCUT2D eigenvalue weighted by Crippen LogP contribution is -2.34. The number of methoxy groups -OCH3 is 1. The molecule has 0 saturated carbocycles. The Labute approximate surface area is 177 Å². The smallest absolute Gasteiger partial charge is 0.278 e. The van der Waals surface area contributed by atoms with E-state index in [1.165, 1.54) is 4.90 Å². The molecule has 0 aliphatic carbocycles. The number of rotatable bonds is 9. The van der Waals surface area contributed by atoms with Gasteiger partial charge in [0.2, 0.25) is 0 Å². The summed E-state index contributed by atoms with van der Waals surface area (Å²) in [6, 6.07) is 13.1. The molecule has 30 heavy (non-hydrogen) atoms. The summed E-state index contributed by atoms with van der Waals surface area (Å²) in [4.78, 5) is 27.7. The number of amides is 2. The van der Waals surface area contributed by atoms with Gasteiger partial charge in [-0.1, -0.05) is 29.8 Å². The number of aryl methyl sites for hydroxylation is 2. The molecule has 6 heteroatoms.